The van der Waals surface area contributed by atoms with E-state index in [-0.39, 0.29) is 0 Å². The summed E-state index contributed by atoms with van der Waals surface area (Å²) in [5.41, 5.74) is 0. The van der Waals surface area contributed by atoms with Crippen LogP contribution in [0, 0.1) is 23.7 Å². The largest absolute Gasteiger partial charge is 0.0654 e. The van der Waals surface area contributed by atoms with E-state index < -0.39 is 0 Å². The normalized spacial score (nSPS) is 16.0. The summed E-state index contributed by atoms with van der Waals surface area (Å²) in [7, 11) is 0. The van der Waals surface area contributed by atoms with Gasteiger partial charge in [0.1, 0.15) is 0 Å². The molecule has 0 fully saturated rings. The average Bonchev–Trinajstić information content (AvgIpc) is 2.23. The van der Waals surface area contributed by atoms with Crippen molar-refractivity contribution in [3.8, 4) is 0 Å². The van der Waals surface area contributed by atoms with Gasteiger partial charge < -0.3 is 0 Å². The van der Waals surface area contributed by atoms with Gasteiger partial charge in [0.05, 0.1) is 0 Å². The van der Waals surface area contributed by atoms with Crippen LogP contribution in [0.4, 0.5) is 0 Å². The van der Waals surface area contributed by atoms with Gasteiger partial charge in [-0.05, 0) is 30.1 Å². The SMILES string of the molecule is CCCC(CC(CC)CC)C(C)C(C)C. The molecule has 0 saturated heterocycles. The fraction of sp³-hybridized carbons (Fsp3) is 1.00. The Labute approximate surface area is 97.8 Å². The topological polar surface area (TPSA) is 0 Å². The summed E-state index contributed by atoms with van der Waals surface area (Å²) in [4.78, 5) is 0. The van der Waals surface area contributed by atoms with Gasteiger partial charge in [0.2, 0.25) is 0 Å². The maximum atomic E-state index is 2.45. The lowest BCUT2D eigenvalue weighted by Gasteiger charge is -2.29. The molecule has 2 unspecified atom stereocenters. The van der Waals surface area contributed by atoms with Crippen LogP contribution in [-0.4, -0.2) is 0 Å². The van der Waals surface area contributed by atoms with Gasteiger partial charge in [-0.3, -0.25) is 0 Å². The molecule has 0 aliphatic heterocycles. The Morgan fingerprint density at radius 1 is 0.867 bits per heavy atom. The van der Waals surface area contributed by atoms with Gasteiger partial charge in [-0.15, -0.1) is 0 Å². The summed E-state index contributed by atoms with van der Waals surface area (Å²) in [6.07, 6.45) is 6.96. The highest BCUT2D eigenvalue weighted by Crippen LogP contribution is 2.32. The number of rotatable bonds is 8. The number of hydrogen-bond acceptors (Lipinski definition) is 0. The molecule has 0 N–H and O–H groups in total. The van der Waals surface area contributed by atoms with Crippen molar-refractivity contribution in [1.29, 1.82) is 0 Å². The molecule has 15 heavy (non-hydrogen) atoms. The van der Waals surface area contributed by atoms with E-state index >= 15 is 0 Å². The van der Waals surface area contributed by atoms with Crippen molar-refractivity contribution in [1.82, 2.24) is 0 Å². The Morgan fingerprint density at radius 3 is 1.73 bits per heavy atom. The van der Waals surface area contributed by atoms with Crippen LogP contribution in [0.2, 0.25) is 0 Å². The minimum Gasteiger partial charge on any atom is -0.0654 e. The zero-order chi connectivity index (χ0) is 11.8. The van der Waals surface area contributed by atoms with E-state index in [1.165, 1.54) is 32.1 Å². The van der Waals surface area contributed by atoms with Crippen molar-refractivity contribution < 1.29 is 0 Å². The average molecular weight is 212 g/mol. The van der Waals surface area contributed by atoms with Crippen LogP contribution in [0.1, 0.15) is 73.6 Å². The molecule has 0 saturated carbocycles. The third-order valence-corrected chi connectivity index (χ3v) is 4.25. The van der Waals surface area contributed by atoms with Crippen molar-refractivity contribution in [2.75, 3.05) is 0 Å². The second kappa shape index (κ2) is 8.19. The molecule has 0 aliphatic rings. The van der Waals surface area contributed by atoms with Crippen LogP contribution < -0.4 is 0 Å². The van der Waals surface area contributed by atoms with Crippen LogP contribution in [-0.2, 0) is 0 Å². The molecule has 0 radical (unpaired) electrons. The van der Waals surface area contributed by atoms with E-state index in [0.717, 1.165) is 23.7 Å². The zero-order valence-electron chi connectivity index (χ0n) is 11.8. The molecular weight excluding hydrogens is 180 g/mol. The van der Waals surface area contributed by atoms with Crippen LogP contribution in [0.5, 0.6) is 0 Å². The highest BCUT2D eigenvalue weighted by molar-refractivity contribution is 4.72. The van der Waals surface area contributed by atoms with Crippen molar-refractivity contribution in [3.05, 3.63) is 0 Å². The first-order chi connectivity index (χ1) is 7.06. The van der Waals surface area contributed by atoms with Crippen molar-refractivity contribution in [3.63, 3.8) is 0 Å². The van der Waals surface area contributed by atoms with Gasteiger partial charge in [-0.25, -0.2) is 0 Å². The highest BCUT2D eigenvalue weighted by Gasteiger charge is 2.21. The monoisotopic (exact) mass is 212 g/mol. The lowest BCUT2D eigenvalue weighted by Crippen LogP contribution is -2.20. The Hall–Kier alpha value is 0. The van der Waals surface area contributed by atoms with E-state index in [2.05, 4.69) is 41.5 Å². The van der Waals surface area contributed by atoms with E-state index in [1.807, 2.05) is 0 Å². The highest BCUT2D eigenvalue weighted by atomic mass is 14.3. The van der Waals surface area contributed by atoms with Gasteiger partial charge >= 0.3 is 0 Å². The van der Waals surface area contributed by atoms with Crippen LogP contribution in [0.15, 0.2) is 0 Å². The van der Waals surface area contributed by atoms with Crippen molar-refractivity contribution >= 4 is 0 Å². The molecule has 0 aromatic carbocycles. The van der Waals surface area contributed by atoms with E-state index in [4.69, 9.17) is 0 Å². The predicted octanol–water partition coefficient (Wildman–Crippen LogP) is 5.52. The summed E-state index contributed by atoms with van der Waals surface area (Å²) in [5.74, 6) is 3.66. The second-order valence-corrected chi connectivity index (χ2v) is 5.57. The Kier molecular flexibility index (Phi) is 8.19. The van der Waals surface area contributed by atoms with E-state index in [9.17, 15) is 0 Å². The van der Waals surface area contributed by atoms with Gasteiger partial charge in [-0.2, -0.15) is 0 Å². The predicted molar refractivity (Wildman–Crippen MR) is 71.1 cm³/mol. The number of hydrogen-bond donors (Lipinski definition) is 0. The molecule has 0 heteroatoms. The Bertz CT molecular complexity index is 133. The summed E-state index contributed by atoms with van der Waals surface area (Å²) in [6.45, 7) is 14.2. The van der Waals surface area contributed by atoms with E-state index in [1.54, 1.807) is 0 Å². The smallest absolute Gasteiger partial charge is 0.0384 e. The van der Waals surface area contributed by atoms with Crippen LogP contribution in [0.25, 0.3) is 0 Å². The molecule has 0 amide bonds. The summed E-state index contributed by atoms with van der Waals surface area (Å²) in [6, 6.07) is 0. The molecule has 0 bridgehead atoms. The molecule has 0 aromatic rings. The lowest BCUT2D eigenvalue weighted by molar-refractivity contribution is 0.210. The summed E-state index contributed by atoms with van der Waals surface area (Å²) >= 11 is 0. The first-order valence-corrected chi connectivity index (χ1v) is 7.06. The first-order valence-electron chi connectivity index (χ1n) is 7.06. The van der Waals surface area contributed by atoms with E-state index in [0.29, 0.717) is 0 Å². The molecule has 92 valence electrons. The molecule has 0 rings (SSSR count). The quantitative estimate of drug-likeness (QED) is 0.497. The minimum atomic E-state index is 0.843. The molecule has 0 aliphatic carbocycles. The summed E-state index contributed by atoms with van der Waals surface area (Å²) in [5, 5.41) is 0. The fourth-order valence-electron chi connectivity index (χ4n) is 2.56. The standard InChI is InChI=1S/C15H32/c1-7-10-15(13(6)12(4)5)11-14(8-2)9-3/h12-15H,7-11H2,1-6H3. The molecule has 0 heterocycles. The Morgan fingerprint density at radius 2 is 1.40 bits per heavy atom. The summed E-state index contributed by atoms with van der Waals surface area (Å²) < 4.78 is 0. The maximum absolute atomic E-state index is 2.45. The van der Waals surface area contributed by atoms with Gasteiger partial charge in [-0.1, -0.05) is 67.2 Å². The van der Waals surface area contributed by atoms with Gasteiger partial charge in [0.15, 0.2) is 0 Å². The zero-order valence-corrected chi connectivity index (χ0v) is 11.8. The van der Waals surface area contributed by atoms with Crippen LogP contribution >= 0.6 is 0 Å². The fourth-order valence-corrected chi connectivity index (χ4v) is 2.56. The Balaban J connectivity index is 4.24. The molecular formula is C15H32. The maximum Gasteiger partial charge on any atom is -0.0384 e. The van der Waals surface area contributed by atoms with Crippen LogP contribution in [0.3, 0.4) is 0 Å². The molecule has 0 nitrogen and oxygen atoms in total. The molecule has 0 aromatic heterocycles. The van der Waals surface area contributed by atoms with Crippen molar-refractivity contribution in [2.45, 2.75) is 73.6 Å². The lowest BCUT2D eigenvalue weighted by atomic mass is 9.76. The first kappa shape index (κ1) is 15.0. The minimum absolute atomic E-state index is 0.843. The molecule has 0 spiro atoms. The van der Waals surface area contributed by atoms with Crippen molar-refractivity contribution in [2.24, 2.45) is 23.7 Å². The third kappa shape index (κ3) is 5.58. The van der Waals surface area contributed by atoms with Gasteiger partial charge in [0, 0.05) is 0 Å². The second-order valence-electron chi connectivity index (χ2n) is 5.57. The third-order valence-electron chi connectivity index (χ3n) is 4.25. The van der Waals surface area contributed by atoms with Gasteiger partial charge in [0.25, 0.3) is 0 Å². The molecule has 2 atom stereocenters.